The van der Waals surface area contributed by atoms with Crippen molar-refractivity contribution in [2.75, 3.05) is 6.54 Å². The molecule has 0 atom stereocenters. The van der Waals surface area contributed by atoms with E-state index in [1.54, 1.807) is 11.3 Å². The van der Waals surface area contributed by atoms with Gasteiger partial charge in [0.2, 0.25) is 0 Å². The number of hydrogen-bond acceptors (Lipinski definition) is 4. The molecule has 1 fully saturated rings. The molecule has 0 radical (unpaired) electrons. The van der Waals surface area contributed by atoms with Crippen LogP contribution in [-0.2, 0) is 5.41 Å². The molecule has 1 aliphatic carbocycles. The number of carbonyl (C=O) groups excluding carboxylic acids is 1. The lowest BCUT2D eigenvalue weighted by Crippen LogP contribution is -2.41. The van der Waals surface area contributed by atoms with E-state index in [1.165, 1.54) is 17.4 Å². The quantitative estimate of drug-likeness (QED) is 0.875. The first-order valence-electron chi connectivity index (χ1n) is 7.75. The van der Waals surface area contributed by atoms with E-state index >= 15 is 0 Å². The van der Waals surface area contributed by atoms with Gasteiger partial charge in [-0.15, -0.1) is 11.3 Å². The standard InChI is InChI=1S/C17H19NO4S/c19-15(13-9-12(10-22-13)16(20)21)18-11-17(6-2-1-3-7-17)14-5-4-8-23-14/h4-5,8-10H,1-3,6-7,11H2,(H,18,19)(H,20,21). The molecule has 0 saturated heterocycles. The average molecular weight is 333 g/mol. The second-order valence-electron chi connectivity index (χ2n) is 6.01. The maximum atomic E-state index is 12.2. The van der Waals surface area contributed by atoms with Crippen LogP contribution in [-0.4, -0.2) is 23.5 Å². The summed E-state index contributed by atoms with van der Waals surface area (Å²) in [5.41, 5.74) is -0.0228. The second kappa shape index (κ2) is 6.58. The van der Waals surface area contributed by atoms with Crippen LogP contribution in [0.2, 0.25) is 0 Å². The van der Waals surface area contributed by atoms with Gasteiger partial charge in [-0.05, 0) is 24.3 Å². The largest absolute Gasteiger partial charge is 0.478 e. The molecule has 23 heavy (non-hydrogen) atoms. The van der Waals surface area contributed by atoms with Crippen molar-refractivity contribution >= 4 is 23.2 Å². The summed E-state index contributed by atoms with van der Waals surface area (Å²) in [6.45, 7) is 0.551. The predicted octanol–water partition coefficient (Wildman–Crippen LogP) is 3.67. The van der Waals surface area contributed by atoms with Crippen LogP contribution in [0.1, 0.15) is 57.9 Å². The topological polar surface area (TPSA) is 79.5 Å². The van der Waals surface area contributed by atoms with Gasteiger partial charge in [-0.3, -0.25) is 4.79 Å². The molecule has 122 valence electrons. The van der Waals surface area contributed by atoms with E-state index in [4.69, 9.17) is 9.52 Å². The molecule has 5 nitrogen and oxygen atoms in total. The maximum absolute atomic E-state index is 12.2. The molecule has 3 rings (SSSR count). The third kappa shape index (κ3) is 3.32. The van der Waals surface area contributed by atoms with Crippen molar-refractivity contribution in [1.82, 2.24) is 5.32 Å². The Morgan fingerprint density at radius 2 is 2.09 bits per heavy atom. The van der Waals surface area contributed by atoms with Gasteiger partial charge in [-0.2, -0.15) is 0 Å². The maximum Gasteiger partial charge on any atom is 0.338 e. The van der Waals surface area contributed by atoms with Gasteiger partial charge in [-0.1, -0.05) is 25.3 Å². The number of carboxylic acids is 1. The molecule has 0 unspecified atom stereocenters. The molecule has 0 bridgehead atoms. The van der Waals surface area contributed by atoms with Gasteiger partial charge in [0.05, 0.1) is 5.56 Å². The van der Waals surface area contributed by atoms with Gasteiger partial charge < -0.3 is 14.8 Å². The monoisotopic (exact) mass is 333 g/mol. The fraction of sp³-hybridized carbons (Fsp3) is 0.412. The number of carbonyl (C=O) groups is 2. The van der Waals surface area contributed by atoms with Gasteiger partial charge in [0.1, 0.15) is 6.26 Å². The lowest BCUT2D eigenvalue weighted by Gasteiger charge is -2.36. The first-order valence-corrected chi connectivity index (χ1v) is 8.63. The first-order chi connectivity index (χ1) is 11.1. The number of furan rings is 1. The molecule has 2 aromatic heterocycles. The Balaban J connectivity index is 1.71. The van der Waals surface area contributed by atoms with Gasteiger partial charge >= 0.3 is 5.97 Å². The number of rotatable bonds is 5. The lowest BCUT2D eigenvalue weighted by atomic mass is 9.73. The highest BCUT2D eigenvalue weighted by Crippen LogP contribution is 2.41. The molecule has 0 aromatic carbocycles. The minimum absolute atomic E-state index is 0.00963. The zero-order valence-electron chi connectivity index (χ0n) is 12.7. The molecule has 1 amide bonds. The van der Waals surface area contributed by atoms with E-state index in [0.717, 1.165) is 31.9 Å². The fourth-order valence-electron chi connectivity index (χ4n) is 3.22. The van der Waals surface area contributed by atoms with Crippen molar-refractivity contribution in [3.8, 4) is 0 Å². The number of carboxylic acid groups (broad SMARTS) is 1. The summed E-state index contributed by atoms with van der Waals surface area (Å²) >= 11 is 1.73. The minimum Gasteiger partial charge on any atom is -0.478 e. The number of thiophene rings is 1. The van der Waals surface area contributed by atoms with E-state index < -0.39 is 5.97 Å². The SMILES string of the molecule is O=C(O)c1coc(C(=O)NCC2(c3cccs3)CCCCC2)c1. The summed E-state index contributed by atoms with van der Waals surface area (Å²) in [6, 6.07) is 5.44. The van der Waals surface area contributed by atoms with Crippen molar-refractivity contribution in [3.63, 3.8) is 0 Å². The summed E-state index contributed by atoms with van der Waals surface area (Å²) in [5.74, 6) is -1.42. The summed E-state index contributed by atoms with van der Waals surface area (Å²) in [5, 5.41) is 13.9. The zero-order chi connectivity index (χ0) is 16.3. The van der Waals surface area contributed by atoms with E-state index in [9.17, 15) is 9.59 Å². The van der Waals surface area contributed by atoms with Crippen molar-refractivity contribution in [1.29, 1.82) is 0 Å². The molecule has 2 N–H and O–H groups in total. The molecular formula is C17H19NO4S. The van der Waals surface area contributed by atoms with Crippen LogP contribution >= 0.6 is 11.3 Å². The Morgan fingerprint density at radius 1 is 1.30 bits per heavy atom. The van der Waals surface area contributed by atoms with E-state index in [1.807, 2.05) is 6.07 Å². The Morgan fingerprint density at radius 3 is 2.70 bits per heavy atom. The Hall–Kier alpha value is -2.08. The zero-order valence-corrected chi connectivity index (χ0v) is 13.5. The molecular weight excluding hydrogens is 314 g/mol. The van der Waals surface area contributed by atoms with Crippen LogP contribution in [0.4, 0.5) is 0 Å². The minimum atomic E-state index is -1.10. The molecule has 0 aliphatic heterocycles. The van der Waals surface area contributed by atoms with E-state index in [2.05, 4.69) is 16.8 Å². The van der Waals surface area contributed by atoms with Crippen LogP contribution in [0.5, 0.6) is 0 Å². The van der Waals surface area contributed by atoms with Crippen molar-refractivity contribution in [2.24, 2.45) is 0 Å². The van der Waals surface area contributed by atoms with Crippen LogP contribution < -0.4 is 5.32 Å². The summed E-state index contributed by atoms with van der Waals surface area (Å²) in [4.78, 5) is 24.4. The molecule has 0 spiro atoms. The Bertz CT molecular complexity index is 683. The van der Waals surface area contributed by atoms with Crippen molar-refractivity contribution in [2.45, 2.75) is 37.5 Å². The first kappa shape index (κ1) is 15.8. The van der Waals surface area contributed by atoms with Crippen LogP contribution in [0.3, 0.4) is 0 Å². The highest BCUT2D eigenvalue weighted by molar-refractivity contribution is 7.10. The van der Waals surface area contributed by atoms with Crippen LogP contribution in [0.15, 0.2) is 34.3 Å². The lowest BCUT2D eigenvalue weighted by molar-refractivity contribution is 0.0696. The normalized spacial score (nSPS) is 16.9. The summed E-state index contributed by atoms with van der Waals surface area (Å²) in [6.07, 6.45) is 6.78. The number of amides is 1. The summed E-state index contributed by atoms with van der Waals surface area (Å²) < 4.78 is 5.06. The molecule has 1 saturated carbocycles. The van der Waals surface area contributed by atoms with Crippen molar-refractivity contribution in [3.05, 3.63) is 46.0 Å². The number of hydrogen-bond donors (Lipinski definition) is 2. The van der Waals surface area contributed by atoms with Crippen LogP contribution in [0.25, 0.3) is 0 Å². The average Bonchev–Trinajstić information content (AvgIpc) is 3.25. The highest BCUT2D eigenvalue weighted by atomic mass is 32.1. The second-order valence-corrected chi connectivity index (χ2v) is 6.95. The molecule has 2 aromatic rings. The van der Waals surface area contributed by atoms with Gasteiger partial charge in [0.15, 0.2) is 5.76 Å². The number of aromatic carboxylic acids is 1. The van der Waals surface area contributed by atoms with Crippen molar-refractivity contribution < 1.29 is 19.1 Å². The molecule has 1 aliphatic rings. The third-order valence-corrected chi connectivity index (χ3v) is 5.63. The van der Waals surface area contributed by atoms with Crippen LogP contribution in [0, 0.1) is 0 Å². The Labute approximate surface area is 138 Å². The summed E-state index contributed by atoms with van der Waals surface area (Å²) in [7, 11) is 0. The smallest absolute Gasteiger partial charge is 0.338 e. The number of nitrogens with one attached hydrogen (secondary N) is 1. The molecule has 6 heteroatoms. The van der Waals surface area contributed by atoms with Gasteiger partial charge in [-0.25, -0.2) is 4.79 Å². The van der Waals surface area contributed by atoms with Gasteiger partial charge in [0, 0.05) is 22.9 Å². The Kier molecular flexibility index (Phi) is 4.52. The highest BCUT2D eigenvalue weighted by Gasteiger charge is 2.35. The third-order valence-electron chi connectivity index (χ3n) is 4.51. The molecule has 2 heterocycles. The van der Waals surface area contributed by atoms with Gasteiger partial charge in [0.25, 0.3) is 5.91 Å². The van der Waals surface area contributed by atoms with E-state index in [-0.39, 0.29) is 22.6 Å². The fourth-order valence-corrected chi connectivity index (χ4v) is 4.21. The predicted molar refractivity (Wildman–Crippen MR) is 87.1 cm³/mol. The van der Waals surface area contributed by atoms with E-state index in [0.29, 0.717) is 6.54 Å².